The molecular formula is C14H20BrNO2S. The Labute approximate surface area is 126 Å². The summed E-state index contributed by atoms with van der Waals surface area (Å²) in [5.74, 6) is -0.658. The number of likely N-dealkylation sites (tertiary alicyclic amines) is 1. The summed E-state index contributed by atoms with van der Waals surface area (Å²) in [5, 5.41) is 9.72. The highest BCUT2D eigenvalue weighted by molar-refractivity contribution is 9.11. The maximum atomic E-state index is 11.8. The zero-order valence-corrected chi connectivity index (χ0v) is 13.8. The van der Waals surface area contributed by atoms with Crippen LogP contribution in [-0.4, -0.2) is 28.1 Å². The van der Waals surface area contributed by atoms with E-state index >= 15 is 0 Å². The van der Waals surface area contributed by atoms with Crippen LogP contribution in [0.1, 0.15) is 50.4 Å². The van der Waals surface area contributed by atoms with Crippen molar-refractivity contribution in [2.24, 2.45) is 0 Å². The molecule has 1 aromatic rings. The Bertz CT molecular complexity index is 462. The van der Waals surface area contributed by atoms with E-state index in [1.54, 1.807) is 11.3 Å². The average Bonchev–Trinajstić information content (AvgIpc) is 2.96. The van der Waals surface area contributed by atoms with Crippen LogP contribution in [0.3, 0.4) is 0 Å². The Kier molecular flexibility index (Phi) is 4.69. The summed E-state index contributed by atoms with van der Waals surface area (Å²) in [6.45, 7) is 5.06. The minimum absolute atomic E-state index is 0.168. The van der Waals surface area contributed by atoms with Crippen molar-refractivity contribution in [2.45, 2.75) is 51.1 Å². The van der Waals surface area contributed by atoms with Crippen LogP contribution in [0.2, 0.25) is 0 Å². The molecule has 2 heterocycles. The molecule has 0 spiro atoms. The molecule has 3 nitrogen and oxygen atoms in total. The van der Waals surface area contributed by atoms with Crippen molar-refractivity contribution in [3.05, 3.63) is 20.8 Å². The summed E-state index contributed by atoms with van der Waals surface area (Å²) in [4.78, 5) is 15.2. The lowest BCUT2D eigenvalue weighted by atomic mass is 9.89. The van der Waals surface area contributed by atoms with Gasteiger partial charge in [-0.2, -0.15) is 0 Å². The number of carboxylic acids is 1. The Morgan fingerprint density at radius 3 is 2.89 bits per heavy atom. The first-order chi connectivity index (χ1) is 9.01. The third-order valence-electron chi connectivity index (χ3n) is 4.07. The van der Waals surface area contributed by atoms with Crippen LogP contribution in [0.4, 0.5) is 0 Å². The zero-order chi connectivity index (χ0) is 14.0. The molecule has 0 aromatic carbocycles. The SMILES string of the molecule is CCCC1(C(=O)O)CCCN1C(C)c1ccc(Br)s1. The first kappa shape index (κ1) is 15.0. The summed E-state index contributed by atoms with van der Waals surface area (Å²) >= 11 is 5.18. The van der Waals surface area contributed by atoms with Crippen LogP contribution in [0, 0.1) is 0 Å². The first-order valence-electron chi connectivity index (χ1n) is 6.76. The summed E-state index contributed by atoms with van der Waals surface area (Å²) < 4.78 is 1.10. The maximum absolute atomic E-state index is 11.8. The summed E-state index contributed by atoms with van der Waals surface area (Å²) in [5.41, 5.74) is -0.662. The topological polar surface area (TPSA) is 40.5 Å². The molecule has 1 aromatic heterocycles. The lowest BCUT2D eigenvalue weighted by molar-refractivity contribution is -0.151. The number of halogens is 1. The summed E-state index contributed by atoms with van der Waals surface area (Å²) in [6, 6.07) is 4.30. The second kappa shape index (κ2) is 5.94. The van der Waals surface area contributed by atoms with Crippen molar-refractivity contribution < 1.29 is 9.90 Å². The average molecular weight is 346 g/mol. The summed E-state index contributed by atoms with van der Waals surface area (Å²) in [6.07, 6.45) is 3.39. The molecule has 5 heteroatoms. The van der Waals surface area contributed by atoms with Crippen molar-refractivity contribution in [3.63, 3.8) is 0 Å². The van der Waals surface area contributed by atoms with Gasteiger partial charge in [-0.25, -0.2) is 0 Å². The Balaban J connectivity index is 2.28. The van der Waals surface area contributed by atoms with Crippen LogP contribution >= 0.6 is 27.3 Å². The van der Waals surface area contributed by atoms with Gasteiger partial charge in [-0.1, -0.05) is 13.3 Å². The van der Waals surface area contributed by atoms with Gasteiger partial charge in [-0.3, -0.25) is 9.69 Å². The van der Waals surface area contributed by atoms with Gasteiger partial charge in [0.05, 0.1) is 3.79 Å². The number of thiophene rings is 1. The number of hydrogen-bond acceptors (Lipinski definition) is 3. The zero-order valence-electron chi connectivity index (χ0n) is 11.4. The van der Waals surface area contributed by atoms with Gasteiger partial charge in [-0.15, -0.1) is 11.3 Å². The molecule has 1 saturated heterocycles. The van der Waals surface area contributed by atoms with Crippen LogP contribution in [-0.2, 0) is 4.79 Å². The van der Waals surface area contributed by atoms with E-state index in [-0.39, 0.29) is 6.04 Å². The van der Waals surface area contributed by atoms with Gasteiger partial charge in [0.1, 0.15) is 5.54 Å². The fourth-order valence-corrected chi connectivity index (χ4v) is 4.68. The molecule has 1 aliphatic rings. The Hall–Kier alpha value is -0.390. The monoisotopic (exact) mass is 345 g/mol. The highest BCUT2D eigenvalue weighted by Crippen LogP contribution is 2.42. The standard InChI is InChI=1S/C14H20BrNO2S/c1-3-7-14(13(17)18)8-4-9-16(14)10(2)11-5-6-12(15)19-11/h5-6,10H,3-4,7-9H2,1-2H3,(H,17,18). The molecule has 2 rings (SSSR count). The number of hydrogen-bond donors (Lipinski definition) is 1. The molecule has 2 atom stereocenters. The van der Waals surface area contributed by atoms with E-state index in [9.17, 15) is 9.90 Å². The largest absolute Gasteiger partial charge is 0.480 e. The second-order valence-electron chi connectivity index (χ2n) is 5.20. The van der Waals surface area contributed by atoms with Crippen molar-refractivity contribution in [1.29, 1.82) is 0 Å². The van der Waals surface area contributed by atoms with Crippen LogP contribution in [0.25, 0.3) is 0 Å². The van der Waals surface area contributed by atoms with Gasteiger partial charge in [0, 0.05) is 10.9 Å². The van der Waals surface area contributed by atoms with Crippen molar-refractivity contribution >= 4 is 33.2 Å². The fourth-order valence-electron chi connectivity index (χ4n) is 3.19. The van der Waals surface area contributed by atoms with E-state index < -0.39 is 11.5 Å². The molecule has 1 N–H and O–H groups in total. The quantitative estimate of drug-likeness (QED) is 0.865. The van der Waals surface area contributed by atoms with E-state index in [0.29, 0.717) is 0 Å². The lowest BCUT2D eigenvalue weighted by Gasteiger charge is -2.38. The van der Waals surface area contributed by atoms with Crippen LogP contribution < -0.4 is 0 Å². The van der Waals surface area contributed by atoms with Gasteiger partial charge in [-0.05, 0) is 60.8 Å². The van der Waals surface area contributed by atoms with Gasteiger partial charge >= 0.3 is 5.97 Å². The lowest BCUT2D eigenvalue weighted by Crippen LogP contribution is -2.51. The number of nitrogens with zero attached hydrogens (tertiary/aromatic N) is 1. The summed E-state index contributed by atoms with van der Waals surface area (Å²) in [7, 11) is 0. The molecular weight excluding hydrogens is 326 g/mol. The van der Waals surface area contributed by atoms with Crippen LogP contribution in [0.15, 0.2) is 15.9 Å². The molecule has 0 radical (unpaired) electrons. The van der Waals surface area contributed by atoms with Gasteiger partial charge in [0.25, 0.3) is 0 Å². The number of aliphatic carboxylic acids is 1. The van der Waals surface area contributed by atoms with Crippen molar-refractivity contribution in [3.8, 4) is 0 Å². The smallest absolute Gasteiger partial charge is 0.324 e. The minimum atomic E-state index is -0.662. The van der Waals surface area contributed by atoms with Crippen molar-refractivity contribution in [2.75, 3.05) is 6.54 Å². The molecule has 106 valence electrons. The maximum Gasteiger partial charge on any atom is 0.324 e. The van der Waals surface area contributed by atoms with E-state index in [0.717, 1.165) is 36.0 Å². The molecule has 1 fully saturated rings. The van der Waals surface area contributed by atoms with E-state index in [1.165, 1.54) is 4.88 Å². The Morgan fingerprint density at radius 1 is 1.63 bits per heavy atom. The normalized spacial score (nSPS) is 25.6. The third-order valence-corrected chi connectivity index (χ3v) is 5.87. The van der Waals surface area contributed by atoms with Crippen molar-refractivity contribution in [1.82, 2.24) is 4.90 Å². The van der Waals surface area contributed by atoms with Gasteiger partial charge < -0.3 is 5.11 Å². The first-order valence-corrected chi connectivity index (χ1v) is 8.37. The van der Waals surface area contributed by atoms with Crippen LogP contribution in [0.5, 0.6) is 0 Å². The predicted octanol–water partition coefficient (Wildman–Crippen LogP) is 4.29. The highest BCUT2D eigenvalue weighted by atomic mass is 79.9. The molecule has 2 unspecified atom stereocenters. The predicted molar refractivity (Wildman–Crippen MR) is 81.6 cm³/mol. The van der Waals surface area contributed by atoms with E-state index in [4.69, 9.17) is 0 Å². The van der Waals surface area contributed by atoms with E-state index in [2.05, 4.69) is 40.7 Å². The fraction of sp³-hybridized carbons (Fsp3) is 0.643. The Morgan fingerprint density at radius 2 is 2.37 bits per heavy atom. The molecule has 0 aliphatic carbocycles. The number of carbonyl (C=O) groups is 1. The number of carboxylic acid groups (broad SMARTS) is 1. The van der Waals surface area contributed by atoms with E-state index in [1.807, 2.05) is 6.07 Å². The molecule has 19 heavy (non-hydrogen) atoms. The highest BCUT2D eigenvalue weighted by Gasteiger charge is 2.48. The van der Waals surface area contributed by atoms with Gasteiger partial charge in [0.2, 0.25) is 0 Å². The second-order valence-corrected chi connectivity index (χ2v) is 7.70. The molecule has 0 saturated carbocycles. The van der Waals surface area contributed by atoms with Gasteiger partial charge in [0.15, 0.2) is 0 Å². The molecule has 0 amide bonds. The number of rotatable bonds is 5. The minimum Gasteiger partial charge on any atom is -0.480 e. The molecule has 0 bridgehead atoms. The molecule has 1 aliphatic heterocycles. The third kappa shape index (κ3) is 2.73.